The molecule has 56 heavy (non-hydrogen) atoms. The molecule has 1 heterocycles. The van der Waals surface area contributed by atoms with Gasteiger partial charge in [0, 0.05) is 55.5 Å². The number of aliphatic hydroxyl groups excluding tert-OH is 1. The number of rotatable bonds is 18. The number of carbonyl (C=O) groups is 1. The van der Waals surface area contributed by atoms with Crippen molar-refractivity contribution in [3.63, 3.8) is 0 Å². The van der Waals surface area contributed by atoms with Crippen LogP contribution in [0.5, 0.6) is 11.5 Å². The van der Waals surface area contributed by atoms with Crippen molar-refractivity contribution in [2.24, 2.45) is 0 Å². The lowest BCUT2D eigenvalue weighted by Crippen LogP contribution is -2.52. The van der Waals surface area contributed by atoms with Gasteiger partial charge in [-0.25, -0.2) is 8.42 Å². The predicted molar refractivity (Wildman–Crippen MR) is 217 cm³/mol. The third kappa shape index (κ3) is 10.7. The van der Waals surface area contributed by atoms with Crippen molar-refractivity contribution in [2.75, 3.05) is 25.2 Å². The van der Waals surface area contributed by atoms with Gasteiger partial charge in [-0.05, 0) is 77.4 Å². The molecule has 0 aliphatic rings. The van der Waals surface area contributed by atoms with E-state index < -0.39 is 28.0 Å². The van der Waals surface area contributed by atoms with E-state index in [2.05, 4.69) is 65.9 Å². The van der Waals surface area contributed by atoms with E-state index in [1.165, 1.54) is 19.4 Å². The third-order valence-electron chi connectivity index (χ3n) is 9.59. The van der Waals surface area contributed by atoms with Crippen LogP contribution in [0.2, 0.25) is 5.02 Å². The molecule has 4 N–H and O–H groups in total. The van der Waals surface area contributed by atoms with Gasteiger partial charge in [0.2, 0.25) is 0 Å². The van der Waals surface area contributed by atoms with Gasteiger partial charge in [-0.15, -0.1) is 0 Å². The van der Waals surface area contributed by atoms with Gasteiger partial charge in [0.1, 0.15) is 46.2 Å². The highest BCUT2D eigenvalue weighted by Crippen LogP contribution is 2.37. The normalized spacial score (nSPS) is 12.4. The van der Waals surface area contributed by atoms with Crippen molar-refractivity contribution in [3.05, 3.63) is 135 Å². The monoisotopic (exact) mass is 796 g/mol. The number of pyridine rings is 1. The summed E-state index contributed by atoms with van der Waals surface area (Å²) in [5, 5.41) is 35.1. The lowest BCUT2D eigenvalue weighted by Gasteiger charge is -2.25. The molecule has 292 valence electrons. The standard InChI is InChI=1S/C43H45ClN4O7S/c1-28-34(7-5-9-37(28)38-10-6-8-36(29(38)2)33-13-11-30(12-14-33)21-46-15-16-56(4,52)53)26-55-41-19-40(54-25-32-17-31(20-45)22-47-23-32)35(18-39(41)44)24-48-43(3,27-49)42(50)51/h5-14,17-19,22-23,46,48-49H,15-16,21,24-27H2,1-4H3,(H,50,51)/t43-/m0/s1. The molecule has 4 aromatic carbocycles. The Balaban J connectivity index is 1.36. The first kappa shape index (κ1) is 41.9. The number of halogens is 1. The molecule has 0 spiro atoms. The summed E-state index contributed by atoms with van der Waals surface area (Å²) in [4.78, 5) is 15.9. The molecular formula is C43H45ClN4O7S. The molecule has 1 atom stereocenters. The summed E-state index contributed by atoms with van der Waals surface area (Å²) in [5.41, 5.74) is 8.49. The molecule has 0 fully saturated rings. The molecule has 13 heteroatoms. The SMILES string of the molecule is Cc1c(COc2cc(OCc3cncc(C#N)c3)c(CN[C@@](C)(CO)C(=O)O)cc2Cl)cccc1-c1cccc(-c2ccc(CNCCS(C)(=O)=O)cc2)c1C. The molecule has 1 aromatic heterocycles. The van der Waals surface area contributed by atoms with Crippen molar-refractivity contribution in [1.82, 2.24) is 15.6 Å². The van der Waals surface area contributed by atoms with E-state index in [9.17, 15) is 28.7 Å². The number of nitrogens with one attached hydrogen (secondary N) is 2. The number of benzene rings is 4. The average Bonchev–Trinajstić information content (AvgIpc) is 3.18. The Bertz CT molecular complexity index is 2350. The van der Waals surface area contributed by atoms with Crippen LogP contribution in [0.4, 0.5) is 0 Å². The van der Waals surface area contributed by atoms with Gasteiger partial charge in [-0.1, -0.05) is 72.3 Å². The molecule has 0 saturated carbocycles. The van der Waals surface area contributed by atoms with Crippen LogP contribution in [0.25, 0.3) is 22.3 Å². The number of carboxylic acid groups (broad SMARTS) is 1. The zero-order valence-electron chi connectivity index (χ0n) is 31.7. The van der Waals surface area contributed by atoms with Gasteiger partial charge in [0.15, 0.2) is 0 Å². The van der Waals surface area contributed by atoms with Crippen molar-refractivity contribution < 1.29 is 32.9 Å². The minimum absolute atomic E-state index is 0.0173. The van der Waals surface area contributed by atoms with Gasteiger partial charge in [0.05, 0.1) is 22.9 Å². The fourth-order valence-corrected chi connectivity index (χ4v) is 6.81. The van der Waals surface area contributed by atoms with Crippen LogP contribution in [0.15, 0.2) is 91.3 Å². The van der Waals surface area contributed by atoms with Crippen LogP contribution < -0.4 is 20.1 Å². The van der Waals surface area contributed by atoms with E-state index in [1.807, 2.05) is 30.3 Å². The van der Waals surface area contributed by atoms with Crippen LogP contribution in [0.3, 0.4) is 0 Å². The fraction of sp³-hybridized carbons (Fsp3) is 0.279. The summed E-state index contributed by atoms with van der Waals surface area (Å²) in [6.45, 7) is 6.18. The summed E-state index contributed by atoms with van der Waals surface area (Å²) >= 11 is 6.75. The molecule has 0 radical (unpaired) electrons. The molecule has 5 aromatic rings. The number of hydrogen-bond acceptors (Lipinski definition) is 10. The van der Waals surface area contributed by atoms with Crippen LogP contribution in [-0.2, 0) is 40.9 Å². The maximum Gasteiger partial charge on any atom is 0.326 e. The fourth-order valence-electron chi connectivity index (χ4n) is 6.06. The Kier molecular flexibility index (Phi) is 13.9. The quantitative estimate of drug-likeness (QED) is 0.0690. The summed E-state index contributed by atoms with van der Waals surface area (Å²) in [6.07, 6.45) is 4.28. The summed E-state index contributed by atoms with van der Waals surface area (Å²) in [5.74, 6) is -0.382. The number of aromatic nitrogens is 1. The first-order valence-corrected chi connectivity index (χ1v) is 20.3. The van der Waals surface area contributed by atoms with Crippen molar-refractivity contribution >= 4 is 27.4 Å². The van der Waals surface area contributed by atoms with Gasteiger partial charge in [0.25, 0.3) is 0 Å². The Hall–Kier alpha value is -5.29. The van der Waals surface area contributed by atoms with E-state index in [-0.39, 0.29) is 30.5 Å². The lowest BCUT2D eigenvalue weighted by molar-refractivity contribution is -0.145. The maximum atomic E-state index is 11.8. The Labute approximate surface area is 332 Å². The molecule has 11 nitrogen and oxygen atoms in total. The largest absolute Gasteiger partial charge is 0.488 e. The number of aliphatic carboxylic acids is 1. The summed E-state index contributed by atoms with van der Waals surface area (Å²) in [6, 6.07) is 27.6. The first-order valence-electron chi connectivity index (χ1n) is 17.9. The number of carboxylic acids is 1. The summed E-state index contributed by atoms with van der Waals surface area (Å²) in [7, 11) is -3.01. The Morgan fingerprint density at radius 1 is 0.875 bits per heavy atom. The second-order valence-electron chi connectivity index (χ2n) is 13.9. The molecular weight excluding hydrogens is 752 g/mol. The molecule has 0 aliphatic heterocycles. The van der Waals surface area contributed by atoms with E-state index in [0.29, 0.717) is 41.3 Å². The zero-order valence-corrected chi connectivity index (χ0v) is 33.3. The predicted octanol–water partition coefficient (Wildman–Crippen LogP) is 6.77. The van der Waals surface area contributed by atoms with E-state index in [0.717, 1.165) is 44.5 Å². The van der Waals surface area contributed by atoms with Crippen LogP contribution in [0.1, 0.15) is 45.9 Å². The number of hydrogen-bond donors (Lipinski definition) is 4. The van der Waals surface area contributed by atoms with E-state index in [4.69, 9.17) is 21.1 Å². The molecule has 0 saturated heterocycles. The average molecular weight is 797 g/mol. The smallest absolute Gasteiger partial charge is 0.326 e. The second kappa shape index (κ2) is 18.6. The van der Waals surface area contributed by atoms with Crippen LogP contribution in [-0.4, -0.2) is 60.3 Å². The topological polar surface area (TPSA) is 171 Å². The minimum atomic E-state index is -3.01. The van der Waals surface area contributed by atoms with Gasteiger partial charge in [-0.2, -0.15) is 5.26 Å². The van der Waals surface area contributed by atoms with Gasteiger partial charge in [-0.3, -0.25) is 15.1 Å². The highest BCUT2D eigenvalue weighted by Gasteiger charge is 2.32. The van der Waals surface area contributed by atoms with Crippen molar-refractivity contribution in [3.8, 4) is 39.8 Å². The van der Waals surface area contributed by atoms with Gasteiger partial charge >= 0.3 is 5.97 Å². The number of sulfone groups is 1. The van der Waals surface area contributed by atoms with E-state index in [1.54, 1.807) is 24.4 Å². The molecule has 0 aliphatic carbocycles. The molecule has 5 rings (SSSR count). The Morgan fingerprint density at radius 2 is 1.55 bits per heavy atom. The number of aliphatic hydroxyl groups is 1. The highest BCUT2D eigenvalue weighted by molar-refractivity contribution is 7.90. The maximum absolute atomic E-state index is 11.8. The molecule has 0 amide bonds. The van der Waals surface area contributed by atoms with Crippen LogP contribution >= 0.6 is 11.6 Å². The summed E-state index contributed by atoms with van der Waals surface area (Å²) < 4.78 is 35.3. The van der Waals surface area contributed by atoms with Crippen molar-refractivity contribution in [1.29, 1.82) is 5.26 Å². The number of nitriles is 1. The number of ether oxygens (including phenoxy) is 2. The van der Waals surface area contributed by atoms with Crippen LogP contribution in [0, 0.1) is 25.2 Å². The van der Waals surface area contributed by atoms with E-state index >= 15 is 0 Å². The number of nitrogens with zero attached hydrogens (tertiary/aromatic N) is 2. The van der Waals surface area contributed by atoms with Crippen molar-refractivity contribution in [2.45, 2.75) is 52.6 Å². The second-order valence-corrected chi connectivity index (χ2v) is 16.5. The molecule has 0 bridgehead atoms. The first-order chi connectivity index (χ1) is 26.7. The lowest BCUT2D eigenvalue weighted by atomic mass is 9.89. The zero-order chi connectivity index (χ0) is 40.5. The third-order valence-corrected chi connectivity index (χ3v) is 10.8. The van der Waals surface area contributed by atoms with Gasteiger partial charge < -0.3 is 25.0 Å². The highest BCUT2D eigenvalue weighted by atomic mass is 35.5. The molecule has 0 unspecified atom stereocenters. The Morgan fingerprint density at radius 3 is 2.23 bits per heavy atom. The minimum Gasteiger partial charge on any atom is -0.488 e.